The van der Waals surface area contributed by atoms with Gasteiger partial charge in [-0.1, -0.05) is 24.3 Å². The van der Waals surface area contributed by atoms with E-state index in [1.165, 1.54) is 0 Å². The summed E-state index contributed by atoms with van der Waals surface area (Å²) in [5.74, 6) is -2.08. The van der Waals surface area contributed by atoms with Crippen LogP contribution in [-0.4, -0.2) is 16.9 Å². The third-order valence-corrected chi connectivity index (χ3v) is 5.07. The van der Waals surface area contributed by atoms with Gasteiger partial charge in [-0.25, -0.2) is 4.39 Å². The number of ether oxygens (including phenoxy) is 1. The topological polar surface area (TPSA) is 58.6 Å². The van der Waals surface area contributed by atoms with E-state index in [-0.39, 0.29) is 10.7 Å². The first-order valence-corrected chi connectivity index (χ1v) is 10.2. The van der Waals surface area contributed by atoms with Crippen molar-refractivity contribution in [3.05, 3.63) is 95.3 Å². The number of alkyl halides is 3. The quantitative estimate of drug-likeness (QED) is 0.230. The molecule has 10 heteroatoms. The zero-order valence-electron chi connectivity index (χ0n) is 17.1. The lowest BCUT2D eigenvalue weighted by Gasteiger charge is -2.29. The molecule has 1 fully saturated rings. The summed E-state index contributed by atoms with van der Waals surface area (Å²) >= 11 is 5.13. The van der Waals surface area contributed by atoms with Crippen molar-refractivity contribution in [3.8, 4) is 11.5 Å². The van der Waals surface area contributed by atoms with Crippen LogP contribution in [0, 0.1) is 5.82 Å². The minimum absolute atomic E-state index is 0.0941. The smallest absolute Gasteiger partial charge is 0.419 e. The van der Waals surface area contributed by atoms with E-state index in [1.807, 2.05) is 18.2 Å². The van der Waals surface area contributed by atoms with Crippen LogP contribution in [0.2, 0.25) is 0 Å². The standard InChI is InChI=1S/C24H14F4N2O3S/c25-20-13-14(6-11-19(20)24(26,27)28)12-18-21(31)29-23(34)30(22(18)32)15-7-9-17(10-8-15)33-16-4-2-1-3-5-16/h1-13H,(H,29,31,34)/b18-12+. The summed E-state index contributed by atoms with van der Waals surface area (Å²) in [7, 11) is 0. The van der Waals surface area contributed by atoms with E-state index in [1.54, 1.807) is 36.4 Å². The summed E-state index contributed by atoms with van der Waals surface area (Å²) in [5, 5.41) is 2.18. The molecule has 172 valence electrons. The van der Waals surface area contributed by atoms with Gasteiger partial charge in [-0.05, 0) is 72.4 Å². The Morgan fingerprint density at radius 3 is 2.18 bits per heavy atom. The van der Waals surface area contributed by atoms with Gasteiger partial charge in [0.15, 0.2) is 5.11 Å². The fourth-order valence-electron chi connectivity index (χ4n) is 3.20. The molecule has 1 aliphatic rings. The molecular formula is C24H14F4N2O3S. The molecule has 5 nitrogen and oxygen atoms in total. The number of nitrogens with one attached hydrogen (secondary N) is 1. The van der Waals surface area contributed by atoms with Crippen LogP contribution in [0.25, 0.3) is 6.08 Å². The zero-order chi connectivity index (χ0) is 24.5. The Morgan fingerprint density at radius 1 is 0.912 bits per heavy atom. The molecule has 0 unspecified atom stereocenters. The molecule has 2 amide bonds. The first kappa shape index (κ1) is 23.1. The van der Waals surface area contributed by atoms with Crippen LogP contribution >= 0.6 is 12.2 Å². The number of rotatable bonds is 4. The molecule has 0 spiro atoms. The zero-order valence-corrected chi connectivity index (χ0v) is 17.9. The number of carbonyl (C=O) groups is 2. The highest BCUT2D eigenvalue weighted by Gasteiger charge is 2.36. The van der Waals surface area contributed by atoms with E-state index in [0.29, 0.717) is 29.3 Å². The van der Waals surface area contributed by atoms with Gasteiger partial charge in [-0.15, -0.1) is 0 Å². The van der Waals surface area contributed by atoms with E-state index in [0.717, 1.165) is 17.0 Å². The Balaban J connectivity index is 1.60. The van der Waals surface area contributed by atoms with Gasteiger partial charge < -0.3 is 4.74 Å². The molecule has 3 aromatic carbocycles. The van der Waals surface area contributed by atoms with Crippen molar-refractivity contribution in [1.82, 2.24) is 5.32 Å². The number of nitrogens with zero attached hydrogens (tertiary/aromatic N) is 1. The van der Waals surface area contributed by atoms with Crippen LogP contribution in [0.4, 0.5) is 23.2 Å². The van der Waals surface area contributed by atoms with Crippen LogP contribution in [-0.2, 0) is 15.8 Å². The molecular weight excluding hydrogens is 472 g/mol. The summed E-state index contributed by atoms with van der Waals surface area (Å²) in [6, 6.07) is 17.4. The van der Waals surface area contributed by atoms with Gasteiger partial charge in [-0.2, -0.15) is 13.2 Å². The van der Waals surface area contributed by atoms with Crippen molar-refractivity contribution in [3.63, 3.8) is 0 Å². The number of halogens is 4. The van der Waals surface area contributed by atoms with Gasteiger partial charge in [0, 0.05) is 0 Å². The predicted octanol–water partition coefficient (Wildman–Crippen LogP) is 5.47. The van der Waals surface area contributed by atoms with Gasteiger partial charge in [0.2, 0.25) is 0 Å². The average Bonchev–Trinajstić information content (AvgIpc) is 2.77. The van der Waals surface area contributed by atoms with Crippen molar-refractivity contribution >= 4 is 40.9 Å². The monoisotopic (exact) mass is 486 g/mol. The van der Waals surface area contributed by atoms with Crippen LogP contribution < -0.4 is 15.0 Å². The third-order valence-electron chi connectivity index (χ3n) is 4.79. The lowest BCUT2D eigenvalue weighted by molar-refractivity contribution is -0.140. The minimum atomic E-state index is -4.87. The number of para-hydroxylation sites is 1. The number of benzene rings is 3. The molecule has 1 N–H and O–H groups in total. The Hall–Kier alpha value is -4.05. The molecule has 0 radical (unpaired) electrons. The molecule has 0 aromatic heterocycles. The second kappa shape index (κ2) is 9.06. The fraction of sp³-hybridized carbons (Fsp3) is 0.0417. The second-order valence-corrected chi connectivity index (χ2v) is 7.49. The molecule has 0 atom stereocenters. The highest BCUT2D eigenvalue weighted by molar-refractivity contribution is 7.80. The summed E-state index contributed by atoms with van der Waals surface area (Å²) < 4.78 is 58.0. The van der Waals surface area contributed by atoms with Crippen LogP contribution in [0.15, 0.2) is 78.4 Å². The average molecular weight is 486 g/mol. The summed E-state index contributed by atoms with van der Waals surface area (Å²) in [5.41, 5.74) is -1.64. The van der Waals surface area contributed by atoms with E-state index >= 15 is 0 Å². The molecule has 0 saturated carbocycles. The molecule has 0 bridgehead atoms. The van der Waals surface area contributed by atoms with E-state index in [4.69, 9.17) is 17.0 Å². The van der Waals surface area contributed by atoms with Gasteiger partial charge >= 0.3 is 6.18 Å². The summed E-state index contributed by atoms with van der Waals surface area (Å²) in [4.78, 5) is 26.5. The number of amides is 2. The lowest BCUT2D eigenvalue weighted by atomic mass is 10.0. The third kappa shape index (κ3) is 4.81. The maximum absolute atomic E-state index is 13.9. The Kier molecular flexibility index (Phi) is 6.16. The highest BCUT2D eigenvalue weighted by atomic mass is 32.1. The summed E-state index contributed by atoms with van der Waals surface area (Å²) in [6.07, 6.45) is -3.87. The Labute approximate surface area is 196 Å². The molecule has 1 heterocycles. The molecule has 34 heavy (non-hydrogen) atoms. The van der Waals surface area contributed by atoms with Gasteiger partial charge in [0.25, 0.3) is 11.8 Å². The molecule has 3 aromatic rings. The number of hydrogen-bond acceptors (Lipinski definition) is 4. The Bertz CT molecular complexity index is 1310. The maximum atomic E-state index is 13.9. The van der Waals surface area contributed by atoms with Crippen LogP contribution in [0.5, 0.6) is 11.5 Å². The van der Waals surface area contributed by atoms with Gasteiger partial charge in [0.1, 0.15) is 22.9 Å². The molecule has 0 aliphatic carbocycles. The van der Waals surface area contributed by atoms with Gasteiger partial charge in [-0.3, -0.25) is 19.8 Å². The maximum Gasteiger partial charge on any atom is 0.419 e. The SMILES string of the molecule is O=C1NC(=S)N(c2ccc(Oc3ccccc3)cc2)C(=O)/C1=C/c1ccc(C(F)(F)F)c(F)c1. The number of hydrogen-bond donors (Lipinski definition) is 1. The van der Waals surface area contributed by atoms with Crippen molar-refractivity contribution in [2.75, 3.05) is 4.90 Å². The van der Waals surface area contributed by atoms with Crippen molar-refractivity contribution in [2.45, 2.75) is 6.18 Å². The van der Waals surface area contributed by atoms with E-state index in [2.05, 4.69) is 5.32 Å². The van der Waals surface area contributed by atoms with Crippen LogP contribution in [0.3, 0.4) is 0 Å². The Morgan fingerprint density at radius 2 is 1.56 bits per heavy atom. The number of anilines is 1. The molecule has 4 rings (SSSR count). The molecule has 1 aliphatic heterocycles. The second-order valence-electron chi connectivity index (χ2n) is 7.10. The number of carbonyl (C=O) groups excluding carboxylic acids is 2. The van der Waals surface area contributed by atoms with Crippen molar-refractivity contribution in [1.29, 1.82) is 0 Å². The first-order chi connectivity index (χ1) is 16.1. The first-order valence-electron chi connectivity index (χ1n) is 9.74. The lowest BCUT2D eigenvalue weighted by Crippen LogP contribution is -2.54. The number of thiocarbonyl (C=S) groups is 1. The summed E-state index contributed by atoms with van der Waals surface area (Å²) in [6.45, 7) is 0. The van der Waals surface area contributed by atoms with Crippen molar-refractivity contribution < 1.29 is 31.9 Å². The largest absolute Gasteiger partial charge is 0.457 e. The fourth-order valence-corrected chi connectivity index (χ4v) is 3.48. The van der Waals surface area contributed by atoms with Gasteiger partial charge in [0.05, 0.1) is 11.3 Å². The van der Waals surface area contributed by atoms with E-state index < -0.39 is 34.9 Å². The van der Waals surface area contributed by atoms with Crippen LogP contribution in [0.1, 0.15) is 11.1 Å². The molecule has 1 saturated heterocycles. The minimum Gasteiger partial charge on any atom is -0.457 e. The van der Waals surface area contributed by atoms with Crippen molar-refractivity contribution in [2.24, 2.45) is 0 Å². The normalized spacial score (nSPS) is 15.5. The highest BCUT2D eigenvalue weighted by Crippen LogP contribution is 2.32. The van der Waals surface area contributed by atoms with E-state index in [9.17, 15) is 27.2 Å². The predicted molar refractivity (Wildman–Crippen MR) is 121 cm³/mol.